The van der Waals surface area contributed by atoms with Crippen LogP contribution < -0.4 is 5.43 Å². The zero-order valence-corrected chi connectivity index (χ0v) is 9.86. The van der Waals surface area contributed by atoms with Crippen LogP contribution in [0, 0.1) is 0 Å². The Hall–Kier alpha value is -1.92. The molecule has 0 radical (unpaired) electrons. The summed E-state index contributed by atoms with van der Waals surface area (Å²) in [6.45, 7) is 0.262. The molecule has 0 saturated heterocycles. The predicted molar refractivity (Wildman–Crippen MR) is 59.1 cm³/mol. The van der Waals surface area contributed by atoms with E-state index < -0.39 is 0 Å². The van der Waals surface area contributed by atoms with Gasteiger partial charge in [0.1, 0.15) is 5.71 Å². The number of hydrogen-bond donors (Lipinski definition) is 1. The fourth-order valence-electron chi connectivity index (χ4n) is 1.31. The van der Waals surface area contributed by atoms with Gasteiger partial charge in [0, 0.05) is 26.4 Å². The molecule has 0 bridgehead atoms. The lowest BCUT2D eigenvalue weighted by Crippen LogP contribution is -2.39. The quantitative estimate of drug-likeness (QED) is 0.657. The molecule has 1 aliphatic rings. The number of nitrogens with zero attached hydrogens (tertiary/aromatic N) is 2. The maximum Gasteiger partial charge on any atom is 0.307 e. The first-order chi connectivity index (χ1) is 8.04. The third kappa shape index (κ3) is 3.86. The third-order valence-corrected chi connectivity index (χ3v) is 2.38. The molecule has 0 saturated carbocycles. The summed E-state index contributed by atoms with van der Waals surface area (Å²) in [6, 6.07) is 0. The molecule has 1 heterocycles. The van der Waals surface area contributed by atoms with Crippen molar-refractivity contribution in [1.82, 2.24) is 10.3 Å². The summed E-state index contributed by atoms with van der Waals surface area (Å²) in [5, 5.41) is 3.69. The Bertz CT molecular complexity index is 365. The maximum atomic E-state index is 11.8. The molecule has 1 rings (SSSR count). The molecule has 0 spiro atoms. The molecule has 1 N–H and O–H groups in total. The minimum Gasteiger partial charge on any atom is -0.469 e. The first kappa shape index (κ1) is 13.1. The van der Waals surface area contributed by atoms with Gasteiger partial charge in [-0.25, -0.2) is 5.43 Å². The monoisotopic (exact) mass is 241 g/mol. The van der Waals surface area contributed by atoms with Crippen molar-refractivity contribution in [2.75, 3.05) is 20.7 Å². The second-order valence-corrected chi connectivity index (χ2v) is 3.65. The topological polar surface area (TPSA) is 88.1 Å². The third-order valence-electron chi connectivity index (χ3n) is 2.38. The minimum atomic E-state index is -0.372. The normalized spacial score (nSPS) is 14.7. The van der Waals surface area contributed by atoms with Gasteiger partial charge >= 0.3 is 5.97 Å². The van der Waals surface area contributed by atoms with Crippen LogP contribution >= 0.6 is 0 Å². The van der Waals surface area contributed by atoms with Gasteiger partial charge < -0.3 is 9.64 Å². The highest BCUT2D eigenvalue weighted by molar-refractivity contribution is 6.39. The maximum absolute atomic E-state index is 11.8. The molecule has 0 aromatic carbocycles. The van der Waals surface area contributed by atoms with Gasteiger partial charge in [-0.3, -0.25) is 14.4 Å². The summed E-state index contributed by atoms with van der Waals surface area (Å²) >= 11 is 0. The van der Waals surface area contributed by atoms with E-state index in [1.807, 2.05) is 0 Å². The summed E-state index contributed by atoms with van der Waals surface area (Å²) < 4.78 is 4.48. The van der Waals surface area contributed by atoms with Crippen molar-refractivity contribution >= 4 is 23.5 Å². The van der Waals surface area contributed by atoms with Crippen molar-refractivity contribution in [3.05, 3.63) is 0 Å². The first-order valence-electron chi connectivity index (χ1n) is 5.22. The summed E-state index contributed by atoms with van der Waals surface area (Å²) in [5.74, 6) is -0.851. The molecule has 17 heavy (non-hydrogen) atoms. The van der Waals surface area contributed by atoms with Crippen molar-refractivity contribution in [2.24, 2.45) is 5.10 Å². The Kier molecular flexibility index (Phi) is 4.62. The number of hydrazone groups is 1. The lowest BCUT2D eigenvalue weighted by molar-refractivity contribution is -0.141. The molecule has 0 aromatic rings. The standard InChI is InChI=1S/C10H15N3O4/c1-13(6-5-9(15)17-2)10(16)7-3-4-8(14)12-11-7/h3-6H2,1-2H3,(H,12,14). The smallest absolute Gasteiger partial charge is 0.307 e. The van der Waals surface area contributed by atoms with Crippen molar-refractivity contribution in [1.29, 1.82) is 0 Å². The van der Waals surface area contributed by atoms with Crippen LogP contribution in [0.15, 0.2) is 5.10 Å². The number of ether oxygens (including phenoxy) is 1. The molecule has 0 fully saturated rings. The van der Waals surface area contributed by atoms with E-state index in [0.717, 1.165) is 0 Å². The fourth-order valence-corrected chi connectivity index (χ4v) is 1.31. The van der Waals surface area contributed by atoms with Crippen LogP contribution in [0.5, 0.6) is 0 Å². The van der Waals surface area contributed by atoms with Gasteiger partial charge in [-0.2, -0.15) is 5.10 Å². The summed E-state index contributed by atoms with van der Waals surface area (Å²) in [4.78, 5) is 34.9. The minimum absolute atomic E-state index is 0.137. The number of hydrogen-bond acceptors (Lipinski definition) is 5. The molecule has 1 aliphatic heterocycles. The Morgan fingerprint density at radius 3 is 2.71 bits per heavy atom. The molecule has 2 amide bonds. The molecule has 0 atom stereocenters. The Labute approximate surface area is 98.8 Å². The summed E-state index contributed by atoms with van der Waals surface area (Å²) in [7, 11) is 2.87. The van der Waals surface area contributed by atoms with E-state index in [1.54, 1.807) is 7.05 Å². The Morgan fingerprint density at radius 1 is 1.47 bits per heavy atom. The number of amides is 2. The summed E-state index contributed by atoms with van der Waals surface area (Å²) in [6.07, 6.45) is 0.723. The zero-order valence-electron chi connectivity index (χ0n) is 9.86. The second-order valence-electron chi connectivity index (χ2n) is 3.65. The van der Waals surface area contributed by atoms with Gasteiger partial charge in [0.2, 0.25) is 5.91 Å². The van der Waals surface area contributed by atoms with E-state index in [4.69, 9.17) is 0 Å². The number of rotatable bonds is 4. The Morgan fingerprint density at radius 2 is 2.18 bits per heavy atom. The molecule has 0 aromatic heterocycles. The van der Waals surface area contributed by atoms with Crippen molar-refractivity contribution in [2.45, 2.75) is 19.3 Å². The van der Waals surface area contributed by atoms with Crippen LogP contribution in [0.4, 0.5) is 0 Å². The van der Waals surface area contributed by atoms with Gasteiger partial charge in [0.15, 0.2) is 0 Å². The highest BCUT2D eigenvalue weighted by atomic mass is 16.5. The molecular formula is C10H15N3O4. The lowest BCUT2D eigenvalue weighted by Gasteiger charge is -2.19. The van der Waals surface area contributed by atoms with Crippen molar-refractivity contribution in [3.63, 3.8) is 0 Å². The van der Waals surface area contributed by atoms with Crippen LogP contribution in [0.25, 0.3) is 0 Å². The van der Waals surface area contributed by atoms with Crippen LogP contribution in [0.1, 0.15) is 19.3 Å². The number of methoxy groups -OCH3 is 1. The van der Waals surface area contributed by atoms with E-state index in [1.165, 1.54) is 12.0 Å². The number of nitrogens with one attached hydrogen (secondary N) is 1. The molecule has 0 aliphatic carbocycles. The largest absolute Gasteiger partial charge is 0.469 e. The van der Waals surface area contributed by atoms with Gasteiger partial charge in [0.05, 0.1) is 13.5 Å². The average Bonchev–Trinajstić information content (AvgIpc) is 2.35. The van der Waals surface area contributed by atoms with Crippen LogP contribution in [-0.4, -0.2) is 49.1 Å². The van der Waals surface area contributed by atoms with Crippen molar-refractivity contribution < 1.29 is 19.1 Å². The zero-order chi connectivity index (χ0) is 12.8. The SMILES string of the molecule is COC(=O)CCN(C)C(=O)C1=NNC(=O)CC1. The molecular weight excluding hydrogens is 226 g/mol. The highest BCUT2D eigenvalue weighted by Gasteiger charge is 2.21. The highest BCUT2D eigenvalue weighted by Crippen LogP contribution is 2.03. The Balaban J connectivity index is 2.46. The number of esters is 1. The van der Waals surface area contributed by atoms with Gasteiger partial charge in [-0.1, -0.05) is 0 Å². The lowest BCUT2D eigenvalue weighted by atomic mass is 10.1. The number of carbonyl (C=O) groups is 3. The first-order valence-corrected chi connectivity index (χ1v) is 5.22. The van der Waals surface area contributed by atoms with Crippen molar-refractivity contribution in [3.8, 4) is 0 Å². The van der Waals surface area contributed by atoms with Gasteiger partial charge in [-0.15, -0.1) is 0 Å². The van der Waals surface area contributed by atoms with Gasteiger partial charge in [-0.05, 0) is 0 Å². The van der Waals surface area contributed by atoms with Crippen LogP contribution in [-0.2, 0) is 19.1 Å². The fraction of sp³-hybridized carbons (Fsp3) is 0.600. The molecule has 94 valence electrons. The molecule has 0 unspecified atom stereocenters. The molecule has 7 heteroatoms. The van der Waals surface area contributed by atoms with E-state index >= 15 is 0 Å². The summed E-state index contributed by atoms with van der Waals surface area (Å²) in [5.41, 5.74) is 2.56. The van der Waals surface area contributed by atoms with Crippen LogP contribution in [0.3, 0.4) is 0 Å². The second kappa shape index (κ2) is 5.97. The van der Waals surface area contributed by atoms with E-state index in [9.17, 15) is 14.4 Å². The van der Waals surface area contributed by atoms with E-state index in [-0.39, 0.29) is 37.2 Å². The number of carbonyl (C=O) groups excluding carboxylic acids is 3. The van der Waals surface area contributed by atoms with E-state index in [2.05, 4.69) is 15.3 Å². The van der Waals surface area contributed by atoms with Crippen LogP contribution in [0.2, 0.25) is 0 Å². The predicted octanol–water partition coefficient (Wildman–Crippen LogP) is -0.726. The van der Waals surface area contributed by atoms with Gasteiger partial charge in [0.25, 0.3) is 5.91 Å². The average molecular weight is 241 g/mol. The molecule has 7 nitrogen and oxygen atoms in total. The van der Waals surface area contributed by atoms with E-state index in [0.29, 0.717) is 12.1 Å².